The van der Waals surface area contributed by atoms with Crippen molar-refractivity contribution < 1.29 is 9.21 Å². The van der Waals surface area contributed by atoms with Crippen LogP contribution >= 0.6 is 0 Å². The standard InChI is InChI=1S/C14H16N2O3/c1-10-6-11(17)7-12(19-10)13(18)16-5-3-4-14(2,8-15)9-16/h6-7H,3-5,9H2,1-2H3/t14-/m0/s1. The van der Waals surface area contributed by atoms with Crippen molar-refractivity contribution in [2.45, 2.75) is 26.7 Å². The van der Waals surface area contributed by atoms with Crippen LogP contribution in [0.3, 0.4) is 0 Å². The molecule has 1 fully saturated rings. The van der Waals surface area contributed by atoms with Gasteiger partial charge in [-0.3, -0.25) is 9.59 Å². The predicted molar refractivity (Wildman–Crippen MR) is 68.6 cm³/mol. The van der Waals surface area contributed by atoms with Crippen LogP contribution in [-0.2, 0) is 0 Å². The van der Waals surface area contributed by atoms with E-state index in [1.165, 1.54) is 12.1 Å². The minimum Gasteiger partial charge on any atom is -0.456 e. The highest BCUT2D eigenvalue weighted by Gasteiger charge is 2.34. The molecule has 5 nitrogen and oxygen atoms in total. The number of piperidine rings is 1. The topological polar surface area (TPSA) is 74.3 Å². The Kier molecular flexibility index (Phi) is 3.43. The van der Waals surface area contributed by atoms with E-state index in [4.69, 9.17) is 9.68 Å². The molecule has 1 aliphatic heterocycles. The molecule has 1 saturated heterocycles. The maximum atomic E-state index is 12.3. The first-order valence-electron chi connectivity index (χ1n) is 6.26. The summed E-state index contributed by atoms with van der Waals surface area (Å²) in [6, 6.07) is 4.79. The summed E-state index contributed by atoms with van der Waals surface area (Å²) >= 11 is 0. The Morgan fingerprint density at radius 1 is 1.53 bits per heavy atom. The second kappa shape index (κ2) is 4.88. The summed E-state index contributed by atoms with van der Waals surface area (Å²) in [6.07, 6.45) is 1.57. The molecule has 0 aromatic carbocycles. The third-order valence-corrected chi connectivity index (χ3v) is 3.35. The van der Waals surface area contributed by atoms with Crippen LogP contribution in [0.15, 0.2) is 21.3 Å². The molecule has 1 aliphatic rings. The third kappa shape index (κ3) is 2.84. The molecule has 1 amide bonds. The number of likely N-dealkylation sites (tertiary alicyclic amines) is 1. The van der Waals surface area contributed by atoms with Gasteiger partial charge in [-0.05, 0) is 26.7 Å². The lowest BCUT2D eigenvalue weighted by atomic mass is 9.83. The van der Waals surface area contributed by atoms with Crippen molar-refractivity contribution in [3.05, 3.63) is 33.9 Å². The molecule has 5 heteroatoms. The van der Waals surface area contributed by atoms with Crippen LogP contribution < -0.4 is 5.43 Å². The zero-order valence-electron chi connectivity index (χ0n) is 11.1. The Labute approximate surface area is 111 Å². The molecule has 0 unspecified atom stereocenters. The first-order valence-corrected chi connectivity index (χ1v) is 6.26. The van der Waals surface area contributed by atoms with E-state index in [0.717, 1.165) is 12.8 Å². The second-order valence-corrected chi connectivity index (χ2v) is 5.27. The molecular formula is C14H16N2O3. The molecule has 0 N–H and O–H groups in total. The lowest BCUT2D eigenvalue weighted by Crippen LogP contribution is -2.44. The number of hydrogen-bond acceptors (Lipinski definition) is 4. The Hall–Kier alpha value is -2.09. The van der Waals surface area contributed by atoms with Gasteiger partial charge in [0.15, 0.2) is 11.2 Å². The smallest absolute Gasteiger partial charge is 0.289 e. The van der Waals surface area contributed by atoms with Crippen molar-refractivity contribution in [3.8, 4) is 6.07 Å². The molecule has 1 aromatic heterocycles. The molecule has 0 aliphatic carbocycles. The normalized spacial score (nSPS) is 22.9. The molecular weight excluding hydrogens is 244 g/mol. The van der Waals surface area contributed by atoms with Gasteiger partial charge in [0.1, 0.15) is 5.76 Å². The number of carbonyl (C=O) groups is 1. The minimum absolute atomic E-state index is 0.0483. The van der Waals surface area contributed by atoms with Crippen LogP contribution in [0.2, 0.25) is 0 Å². The highest BCUT2D eigenvalue weighted by Crippen LogP contribution is 2.29. The maximum absolute atomic E-state index is 12.3. The molecule has 2 rings (SSSR count). The summed E-state index contributed by atoms with van der Waals surface area (Å²) in [6.45, 7) is 4.44. The number of nitrogens with zero attached hydrogens (tertiary/aromatic N) is 2. The molecule has 2 heterocycles. The number of carbonyl (C=O) groups excluding carboxylic acids is 1. The van der Waals surface area contributed by atoms with Gasteiger partial charge in [0.05, 0.1) is 11.5 Å². The summed E-state index contributed by atoms with van der Waals surface area (Å²) in [5.41, 5.74) is -0.759. The van der Waals surface area contributed by atoms with Crippen LogP contribution in [0.25, 0.3) is 0 Å². The van der Waals surface area contributed by atoms with Crippen molar-refractivity contribution in [3.63, 3.8) is 0 Å². The summed E-state index contributed by atoms with van der Waals surface area (Å²) in [5, 5.41) is 9.15. The average Bonchev–Trinajstić information content (AvgIpc) is 2.37. The lowest BCUT2D eigenvalue weighted by Gasteiger charge is -2.35. The first kappa shape index (κ1) is 13.3. The molecule has 0 bridgehead atoms. The van der Waals surface area contributed by atoms with Crippen molar-refractivity contribution in [2.24, 2.45) is 5.41 Å². The zero-order chi connectivity index (χ0) is 14.0. The third-order valence-electron chi connectivity index (χ3n) is 3.35. The number of aryl methyl sites for hydroxylation is 1. The fourth-order valence-corrected chi connectivity index (χ4v) is 2.37. The Morgan fingerprint density at radius 2 is 2.26 bits per heavy atom. The van der Waals surface area contributed by atoms with Gasteiger partial charge in [-0.25, -0.2) is 0 Å². The zero-order valence-corrected chi connectivity index (χ0v) is 11.1. The van der Waals surface area contributed by atoms with Crippen LogP contribution in [-0.4, -0.2) is 23.9 Å². The quantitative estimate of drug-likeness (QED) is 0.770. The average molecular weight is 260 g/mol. The molecule has 0 saturated carbocycles. The Balaban J connectivity index is 2.25. The van der Waals surface area contributed by atoms with Gasteiger partial charge < -0.3 is 9.32 Å². The van der Waals surface area contributed by atoms with Gasteiger partial charge in [0.2, 0.25) is 0 Å². The number of rotatable bonds is 1. The van der Waals surface area contributed by atoms with E-state index in [1.54, 1.807) is 11.8 Å². The molecule has 0 spiro atoms. The molecule has 1 atom stereocenters. The van der Waals surface area contributed by atoms with Gasteiger partial charge in [-0.1, -0.05) is 0 Å². The fourth-order valence-electron chi connectivity index (χ4n) is 2.37. The van der Waals surface area contributed by atoms with E-state index in [-0.39, 0.29) is 17.1 Å². The van der Waals surface area contributed by atoms with Gasteiger partial charge in [-0.2, -0.15) is 5.26 Å². The monoisotopic (exact) mass is 260 g/mol. The van der Waals surface area contributed by atoms with E-state index in [9.17, 15) is 9.59 Å². The van der Waals surface area contributed by atoms with Crippen LogP contribution in [0.4, 0.5) is 0 Å². The first-order chi connectivity index (χ1) is 8.93. The largest absolute Gasteiger partial charge is 0.456 e. The van der Waals surface area contributed by atoms with E-state index >= 15 is 0 Å². The van der Waals surface area contributed by atoms with E-state index < -0.39 is 5.41 Å². The summed E-state index contributed by atoms with van der Waals surface area (Å²) < 4.78 is 5.30. The number of hydrogen-bond donors (Lipinski definition) is 0. The minimum atomic E-state index is -0.516. The Morgan fingerprint density at radius 3 is 2.89 bits per heavy atom. The fraction of sp³-hybridized carbons (Fsp3) is 0.500. The van der Waals surface area contributed by atoms with Crippen LogP contribution in [0.1, 0.15) is 36.1 Å². The van der Waals surface area contributed by atoms with Crippen LogP contribution in [0.5, 0.6) is 0 Å². The van der Waals surface area contributed by atoms with Crippen molar-refractivity contribution in [2.75, 3.05) is 13.1 Å². The van der Waals surface area contributed by atoms with Crippen molar-refractivity contribution >= 4 is 5.91 Å². The summed E-state index contributed by atoms with van der Waals surface area (Å²) in [4.78, 5) is 25.3. The summed E-state index contributed by atoms with van der Waals surface area (Å²) in [5.74, 6) is 0.144. The van der Waals surface area contributed by atoms with Crippen LogP contribution in [0, 0.1) is 23.7 Å². The number of nitriles is 1. The van der Waals surface area contributed by atoms with Crippen molar-refractivity contribution in [1.29, 1.82) is 5.26 Å². The van der Waals surface area contributed by atoms with Crippen molar-refractivity contribution in [1.82, 2.24) is 4.90 Å². The summed E-state index contributed by atoms with van der Waals surface area (Å²) in [7, 11) is 0. The maximum Gasteiger partial charge on any atom is 0.289 e. The van der Waals surface area contributed by atoms with Gasteiger partial charge in [-0.15, -0.1) is 0 Å². The van der Waals surface area contributed by atoms with Gasteiger partial charge >= 0.3 is 0 Å². The predicted octanol–water partition coefficient (Wildman–Crippen LogP) is 1.71. The molecule has 1 aromatic rings. The molecule has 0 radical (unpaired) electrons. The molecule has 19 heavy (non-hydrogen) atoms. The highest BCUT2D eigenvalue weighted by atomic mass is 16.3. The Bertz CT molecular complexity index is 599. The second-order valence-electron chi connectivity index (χ2n) is 5.27. The van der Waals surface area contributed by atoms with Gasteiger partial charge in [0.25, 0.3) is 5.91 Å². The lowest BCUT2D eigenvalue weighted by molar-refractivity contribution is 0.0594. The van der Waals surface area contributed by atoms with E-state index in [2.05, 4.69) is 6.07 Å². The van der Waals surface area contributed by atoms with Gasteiger partial charge in [0, 0.05) is 25.2 Å². The highest BCUT2D eigenvalue weighted by molar-refractivity contribution is 5.91. The SMILES string of the molecule is Cc1cc(=O)cc(C(=O)N2CCC[C@@](C)(C#N)C2)o1. The van der Waals surface area contributed by atoms with E-state index in [0.29, 0.717) is 18.8 Å². The molecule has 100 valence electrons. The van der Waals surface area contributed by atoms with E-state index in [1.807, 2.05) is 6.92 Å². The number of amides is 1.